The number of halogens is 2. The zero-order chi connectivity index (χ0) is 20.8. The maximum absolute atomic E-state index is 14.0. The molecule has 0 saturated heterocycles. The molecule has 5 heteroatoms. The Labute approximate surface area is 174 Å². The van der Waals surface area contributed by atoms with Gasteiger partial charge in [0.05, 0.1) is 11.6 Å². The highest BCUT2D eigenvalue weighted by Gasteiger charge is 2.23. The maximum Gasteiger partial charge on any atom is 0.254 e. The largest absolute Gasteiger partial charge is 0.342 e. The summed E-state index contributed by atoms with van der Waals surface area (Å²) in [6.45, 7) is 1.91. The minimum atomic E-state index is -0.789. The van der Waals surface area contributed by atoms with E-state index in [0.29, 0.717) is 11.4 Å². The number of ketones is 1. The van der Waals surface area contributed by atoms with E-state index in [2.05, 4.69) is 5.32 Å². The van der Waals surface area contributed by atoms with E-state index in [-0.39, 0.29) is 17.8 Å². The Morgan fingerprint density at radius 2 is 1.69 bits per heavy atom. The molecule has 0 aliphatic heterocycles. The fourth-order valence-corrected chi connectivity index (χ4v) is 3.31. The Bertz CT molecular complexity index is 1020. The van der Waals surface area contributed by atoms with Crippen molar-refractivity contribution in [1.82, 2.24) is 5.32 Å². The van der Waals surface area contributed by atoms with Gasteiger partial charge in [-0.05, 0) is 54.3 Å². The first-order valence-electron chi connectivity index (χ1n) is 9.31. The van der Waals surface area contributed by atoms with Crippen LogP contribution in [0.2, 0.25) is 5.02 Å². The number of benzene rings is 3. The van der Waals surface area contributed by atoms with Gasteiger partial charge in [-0.3, -0.25) is 9.59 Å². The van der Waals surface area contributed by atoms with Crippen molar-refractivity contribution in [1.29, 1.82) is 0 Å². The van der Waals surface area contributed by atoms with Crippen molar-refractivity contribution in [2.24, 2.45) is 0 Å². The van der Waals surface area contributed by atoms with Gasteiger partial charge in [0.15, 0.2) is 5.78 Å². The predicted octanol–water partition coefficient (Wildman–Crippen LogP) is 4.94. The van der Waals surface area contributed by atoms with Gasteiger partial charge in [0.1, 0.15) is 5.82 Å². The van der Waals surface area contributed by atoms with Gasteiger partial charge in [-0.2, -0.15) is 0 Å². The zero-order valence-electron chi connectivity index (χ0n) is 16.0. The van der Waals surface area contributed by atoms with Gasteiger partial charge in [-0.15, -0.1) is 0 Å². The van der Waals surface area contributed by atoms with Crippen molar-refractivity contribution in [3.63, 3.8) is 0 Å². The summed E-state index contributed by atoms with van der Waals surface area (Å²) in [5.41, 5.74) is 2.57. The number of carbonyl (C=O) groups excluding carboxylic acids is 2. The standard InChI is InChI=1S/C24H21ClFNO2/c1-16-11-12-19(25)14-18(16)15-23(28)22(13-17-7-3-2-4-8-17)27-24(29)20-9-5-6-10-21(20)26/h2-12,14,22H,13,15H2,1H3,(H,27,29)/t22-/m0/s1. The molecule has 0 unspecified atom stereocenters. The van der Waals surface area contributed by atoms with Crippen molar-refractivity contribution in [2.45, 2.75) is 25.8 Å². The average molecular weight is 410 g/mol. The molecule has 0 radical (unpaired) electrons. The van der Waals surface area contributed by atoms with Crippen molar-refractivity contribution >= 4 is 23.3 Å². The van der Waals surface area contributed by atoms with E-state index in [0.717, 1.165) is 16.7 Å². The van der Waals surface area contributed by atoms with Gasteiger partial charge in [0, 0.05) is 11.4 Å². The molecule has 0 saturated carbocycles. The van der Waals surface area contributed by atoms with E-state index in [1.54, 1.807) is 18.2 Å². The molecule has 3 nitrogen and oxygen atoms in total. The lowest BCUT2D eigenvalue weighted by molar-refractivity contribution is -0.120. The van der Waals surface area contributed by atoms with Crippen LogP contribution in [0.25, 0.3) is 0 Å². The molecule has 0 aromatic heterocycles. The summed E-state index contributed by atoms with van der Waals surface area (Å²) < 4.78 is 14.0. The molecular weight excluding hydrogens is 389 g/mol. The van der Waals surface area contributed by atoms with E-state index in [1.807, 2.05) is 43.3 Å². The number of Topliss-reactive ketones (excluding diaryl/α,β-unsaturated/α-hetero) is 1. The number of nitrogens with one attached hydrogen (secondary N) is 1. The number of hydrogen-bond donors (Lipinski definition) is 1. The van der Waals surface area contributed by atoms with Gasteiger partial charge < -0.3 is 5.32 Å². The Morgan fingerprint density at radius 1 is 1.00 bits per heavy atom. The van der Waals surface area contributed by atoms with Crippen molar-refractivity contribution in [3.8, 4) is 0 Å². The molecular formula is C24H21ClFNO2. The summed E-state index contributed by atoms with van der Waals surface area (Å²) in [7, 11) is 0. The van der Waals surface area contributed by atoms with E-state index in [4.69, 9.17) is 11.6 Å². The van der Waals surface area contributed by atoms with Crippen LogP contribution in [0.3, 0.4) is 0 Å². The van der Waals surface area contributed by atoms with Gasteiger partial charge in [0.2, 0.25) is 0 Å². The predicted molar refractivity (Wildman–Crippen MR) is 113 cm³/mol. The van der Waals surface area contributed by atoms with Crippen molar-refractivity contribution in [2.75, 3.05) is 0 Å². The minimum Gasteiger partial charge on any atom is -0.342 e. The third kappa shape index (κ3) is 5.52. The Balaban J connectivity index is 1.84. The van der Waals surface area contributed by atoms with Crippen LogP contribution in [0, 0.1) is 12.7 Å². The van der Waals surface area contributed by atoms with Crippen LogP contribution in [-0.2, 0) is 17.6 Å². The van der Waals surface area contributed by atoms with Gasteiger partial charge in [-0.1, -0.05) is 60.1 Å². The highest BCUT2D eigenvalue weighted by atomic mass is 35.5. The quantitative estimate of drug-likeness (QED) is 0.600. The van der Waals surface area contributed by atoms with E-state index < -0.39 is 17.8 Å². The van der Waals surface area contributed by atoms with Gasteiger partial charge in [-0.25, -0.2) is 4.39 Å². The lowest BCUT2D eigenvalue weighted by Gasteiger charge is -2.19. The smallest absolute Gasteiger partial charge is 0.254 e. The summed E-state index contributed by atoms with van der Waals surface area (Å²) in [4.78, 5) is 25.7. The highest BCUT2D eigenvalue weighted by Crippen LogP contribution is 2.18. The van der Waals surface area contributed by atoms with Crippen LogP contribution in [0.15, 0.2) is 72.8 Å². The fraction of sp³-hybridized carbons (Fsp3) is 0.167. The van der Waals surface area contributed by atoms with Crippen LogP contribution in [0.5, 0.6) is 0 Å². The third-order valence-electron chi connectivity index (χ3n) is 4.77. The first-order valence-corrected chi connectivity index (χ1v) is 9.69. The monoisotopic (exact) mass is 409 g/mol. The second-order valence-electron chi connectivity index (χ2n) is 6.91. The van der Waals surface area contributed by atoms with Crippen LogP contribution >= 0.6 is 11.6 Å². The molecule has 0 fully saturated rings. The zero-order valence-corrected chi connectivity index (χ0v) is 16.7. The molecule has 1 atom stereocenters. The Kier molecular flexibility index (Phi) is 6.78. The number of aryl methyl sites for hydroxylation is 1. The molecule has 0 spiro atoms. The normalized spacial score (nSPS) is 11.7. The van der Waals surface area contributed by atoms with Crippen LogP contribution in [0.4, 0.5) is 4.39 Å². The SMILES string of the molecule is Cc1ccc(Cl)cc1CC(=O)[C@H](Cc1ccccc1)NC(=O)c1ccccc1F. The van der Waals surface area contributed by atoms with E-state index >= 15 is 0 Å². The summed E-state index contributed by atoms with van der Waals surface area (Å²) in [5.74, 6) is -1.40. The molecule has 0 heterocycles. The Hall–Kier alpha value is -2.98. The highest BCUT2D eigenvalue weighted by molar-refractivity contribution is 6.30. The van der Waals surface area contributed by atoms with Crippen LogP contribution in [-0.4, -0.2) is 17.7 Å². The first kappa shape index (κ1) is 20.7. The minimum absolute atomic E-state index is 0.0858. The maximum atomic E-state index is 14.0. The van der Waals surface area contributed by atoms with Crippen LogP contribution < -0.4 is 5.32 Å². The fourth-order valence-electron chi connectivity index (χ4n) is 3.12. The van der Waals surface area contributed by atoms with E-state index in [9.17, 15) is 14.0 Å². The van der Waals surface area contributed by atoms with Gasteiger partial charge >= 0.3 is 0 Å². The molecule has 1 amide bonds. The molecule has 0 aliphatic rings. The lowest BCUT2D eigenvalue weighted by Crippen LogP contribution is -2.43. The number of rotatable bonds is 7. The second kappa shape index (κ2) is 9.48. The van der Waals surface area contributed by atoms with Crippen molar-refractivity contribution in [3.05, 3.63) is 106 Å². The molecule has 148 valence electrons. The van der Waals surface area contributed by atoms with E-state index in [1.165, 1.54) is 18.2 Å². The summed E-state index contributed by atoms with van der Waals surface area (Å²) >= 11 is 6.07. The molecule has 1 N–H and O–H groups in total. The molecule has 3 aromatic carbocycles. The average Bonchev–Trinajstić information content (AvgIpc) is 2.71. The van der Waals surface area contributed by atoms with Crippen LogP contribution in [0.1, 0.15) is 27.0 Å². The summed E-state index contributed by atoms with van der Waals surface area (Å²) in [6, 6.07) is 19.7. The summed E-state index contributed by atoms with van der Waals surface area (Å²) in [5, 5.41) is 3.26. The number of hydrogen-bond acceptors (Lipinski definition) is 2. The molecule has 0 aliphatic carbocycles. The molecule has 29 heavy (non-hydrogen) atoms. The topological polar surface area (TPSA) is 46.2 Å². The van der Waals surface area contributed by atoms with Crippen molar-refractivity contribution < 1.29 is 14.0 Å². The molecule has 3 aromatic rings. The molecule has 0 bridgehead atoms. The lowest BCUT2D eigenvalue weighted by atomic mass is 9.95. The first-order chi connectivity index (χ1) is 13.9. The number of carbonyl (C=O) groups is 2. The van der Waals surface area contributed by atoms with Gasteiger partial charge in [0.25, 0.3) is 5.91 Å². The molecule has 3 rings (SSSR count). The third-order valence-corrected chi connectivity index (χ3v) is 5.01. The number of amides is 1. The summed E-state index contributed by atoms with van der Waals surface area (Å²) in [6.07, 6.45) is 0.445. The second-order valence-corrected chi connectivity index (χ2v) is 7.35. The Morgan fingerprint density at radius 3 is 2.41 bits per heavy atom.